The molecular formula is C17H21NO2S. The lowest BCUT2D eigenvalue weighted by atomic mass is 10.2. The lowest BCUT2D eigenvalue weighted by Crippen LogP contribution is -2.32. The number of nitrogens with zero attached hydrogens (tertiary/aromatic N) is 1. The van der Waals surface area contributed by atoms with Gasteiger partial charge in [0, 0.05) is 6.54 Å². The fraction of sp³-hybridized carbons (Fsp3) is 0.294. The highest BCUT2D eigenvalue weighted by Crippen LogP contribution is 2.16. The Labute approximate surface area is 128 Å². The van der Waals surface area contributed by atoms with Crippen molar-refractivity contribution in [2.24, 2.45) is 0 Å². The van der Waals surface area contributed by atoms with Crippen LogP contribution in [-0.2, 0) is 10.0 Å². The largest absolute Gasteiger partial charge is 0.243 e. The molecule has 0 aliphatic carbocycles. The molecule has 0 aliphatic heterocycles. The average molecular weight is 303 g/mol. The first-order chi connectivity index (χ1) is 10.0. The van der Waals surface area contributed by atoms with Crippen LogP contribution in [0.15, 0.2) is 54.0 Å². The highest BCUT2D eigenvalue weighted by atomic mass is 32.2. The Hall–Kier alpha value is -1.83. The third kappa shape index (κ3) is 5.22. The van der Waals surface area contributed by atoms with E-state index in [0.29, 0.717) is 17.9 Å². The molecule has 0 fully saturated rings. The zero-order chi connectivity index (χ0) is 15.7. The quantitative estimate of drug-likeness (QED) is 0.573. The second-order valence-electron chi connectivity index (χ2n) is 4.53. The van der Waals surface area contributed by atoms with E-state index in [4.69, 9.17) is 0 Å². The van der Waals surface area contributed by atoms with E-state index in [1.165, 1.54) is 4.31 Å². The molecule has 112 valence electrons. The summed E-state index contributed by atoms with van der Waals surface area (Å²) in [4.78, 5) is 0.304. The molecule has 0 aliphatic rings. The zero-order valence-electron chi connectivity index (χ0n) is 12.5. The number of aryl methyl sites for hydroxylation is 1. The van der Waals surface area contributed by atoms with Crippen LogP contribution in [0.1, 0.15) is 18.9 Å². The van der Waals surface area contributed by atoms with Crippen molar-refractivity contribution in [3.05, 3.63) is 54.6 Å². The molecule has 21 heavy (non-hydrogen) atoms. The Morgan fingerprint density at radius 3 is 2.52 bits per heavy atom. The average Bonchev–Trinajstić information content (AvgIpc) is 2.46. The van der Waals surface area contributed by atoms with Gasteiger partial charge in [0.1, 0.15) is 0 Å². The van der Waals surface area contributed by atoms with Crippen molar-refractivity contribution in [1.82, 2.24) is 4.31 Å². The number of benzene rings is 1. The van der Waals surface area contributed by atoms with Gasteiger partial charge in [0.05, 0.1) is 11.4 Å². The van der Waals surface area contributed by atoms with Crippen LogP contribution in [0, 0.1) is 18.8 Å². The van der Waals surface area contributed by atoms with Crippen LogP contribution in [0.3, 0.4) is 0 Å². The minimum Gasteiger partial charge on any atom is -0.207 e. The molecule has 3 nitrogen and oxygen atoms in total. The van der Waals surface area contributed by atoms with Crippen LogP contribution in [0.5, 0.6) is 0 Å². The highest BCUT2D eigenvalue weighted by Gasteiger charge is 2.22. The van der Waals surface area contributed by atoms with Gasteiger partial charge >= 0.3 is 0 Å². The minimum atomic E-state index is -3.51. The number of sulfonamides is 1. The van der Waals surface area contributed by atoms with Gasteiger partial charge in [-0.25, -0.2) is 8.42 Å². The summed E-state index contributed by atoms with van der Waals surface area (Å²) in [7, 11) is -3.51. The van der Waals surface area contributed by atoms with Gasteiger partial charge in [0.25, 0.3) is 0 Å². The van der Waals surface area contributed by atoms with Gasteiger partial charge in [0.2, 0.25) is 10.0 Å². The van der Waals surface area contributed by atoms with Crippen LogP contribution in [0.25, 0.3) is 0 Å². The fourth-order valence-electron chi connectivity index (χ4n) is 1.72. The molecule has 0 radical (unpaired) electrons. The molecule has 0 heterocycles. The monoisotopic (exact) mass is 303 g/mol. The summed E-state index contributed by atoms with van der Waals surface area (Å²) >= 11 is 0. The molecule has 0 saturated heterocycles. The summed E-state index contributed by atoms with van der Waals surface area (Å²) in [6.45, 7) is 7.82. The van der Waals surface area contributed by atoms with E-state index in [1.807, 2.05) is 19.1 Å². The molecule has 0 unspecified atom stereocenters. The Morgan fingerprint density at radius 1 is 1.29 bits per heavy atom. The maximum atomic E-state index is 12.6. The second kappa shape index (κ2) is 8.46. The first kappa shape index (κ1) is 17.2. The van der Waals surface area contributed by atoms with Crippen molar-refractivity contribution in [2.75, 3.05) is 13.1 Å². The molecule has 0 atom stereocenters. The Balaban J connectivity index is 2.98. The van der Waals surface area contributed by atoms with Crippen molar-refractivity contribution in [3.63, 3.8) is 0 Å². The molecule has 0 N–H and O–H groups in total. The van der Waals surface area contributed by atoms with Crippen LogP contribution in [-0.4, -0.2) is 25.8 Å². The molecule has 0 bridgehead atoms. The first-order valence-electron chi connectivity index (χ1n) is 6.76. The highest BCUT2D eigenvalue weighted by molar-refractivity contribution is 7.89. The molecule has 0 saturated carbocycles. The summed E-state index contributed by atoms with van der Waals surface area (Å²) < 4.78 is 26.7. The molecule has 0 amide bonds. The van der Waals surface area contributed by atoms with Crippen molar-refractivity contribution < 1.29 is 8.42 Å². The van der Waals surface area contributed by atoms with E-state index in [9.17, 15) is 8.42 Å². The van der Waals surface area contributed by atoms with Crippen LogP contribution in [0.4, 0.5) is 0 Å². The summed E-state index contributed by atoms with van der Waals surface area (Å²) in [5.74, 6) is 5.57. The summed E-state index contributed by atoms with van der Waals surface area (Å²) in [5, 5.41) is 0. The van der Waals surface area contributed by atoms with E-state index in [0.717, 1.165) is 5.56 Å². The number of rotatable bonds is 7. The molecule has 1 rings (SSSR count). The van der Waals surface area contributed by atoms with E-state index in [1.54, 1.807) is 37.3 Å². The number of allylic oxidation sites excluding steroid dienone is 2. The van der Waals surface area contributed by atoms with E-state index in [2.05, 4.69) is 18.4 Å². The van der Waals surface area contributed by atoms with Crippen LogP contribution in [0.2, 0.25) is 0 Å². The van der Waals surface area contributed by atoms with Crippen molar-refractivity contribution >= 4 is 10.0 Å². The van der Waals surface area contributed by atoms with E-state index >= 15 is 0 Å². The third-order valence-electron chi connectivity index (χ3n) is 2.91. The maximum absolute atomic E-state index is 12.6. The summed E-state index contributed by atoms with van der Waals surface area (Å²) in [6, 6.07) is 6.87. The maximum Gasteiger partial charge on any atom is 0.243 e. The standard InChI is InChI=1S/C17H21NO2S/c1-4-6-8-9-15-18(14-7-5-2)21(19,20)17-12-10-16(3)11-13-17/h4,6,8,10-13H,1,9,14-15H2,2-3H3/b8-6+. The van der Waals surface area contributed by atoms with Gasteiger partial charge < -0.3 is 0 Å². The predicted octanol–water partition coefficient (Wildman–Crippen LogP) is 3.14. The Morgan fingerprint density at radius 2 is 1.95 bits per heavy atom. The smallest absolute Gasteiger partial charge is 0.207 e. The third-order valence-corrected chi connectivity index (χ3v) is 4.77. The lowest BCUT2D eigenvalue weighted by molar-refractivity contribution is 0.452. The molecular weight excluding hydrogens is 282 g/mol. The lowest BCUT2D eigenvalue weighted by Gasteiger charge is -2.19. The predicted molar refractivity (Wildman–Crippen MR) is 87.3 cm³/mol. The second-order valence-corrected chi connectivity index (χ2v) is 6.47. The van der Waals surface area contributed by atoms with Gasteiger partial charge in [-0.2, -0.15) is 4.31 Å². The van der Waals surface area contributed by atoms with Gasteiger partial charge in [-0.3, -0.25) is 0 Å². The van der Waals surface area contributed by atoms with Crippen LogP contribution >= 0.6 is 0 Å². The van der Waals surface area contributed by atoms with Gasteiger partial charge in [0.15, 0.2) is 0 Å². The normalized spacial score (nSPS) is 11.4. The topological polar surface area (TPSA) is 37.4 Å². The molecule has 1 aromatic carbocycles. The number of hydrogen-bond acceptors (Lipinski definition) is 2. The summed E-state index contributed by atoms with van der Waals surface area (Å²) in [6.07, 6.45) is 6.00. The van der Waals surface area contributed by atoms with Gasteiger partial charge in [-0.15, -0.1) is 5.92 Å². The van der Waals surface area contributed by atoms with Crippen molar-refractivity contribution in [3.8, 4) is 11.8 Å². The first-order valence-corrected chi connectivity index (χ1v) is 8.20. The molecule has 1 aromatic rings. The van der Waals surface area contributed by atoms with Crippen molar-refractivity contribution in [1.29, 1.82) is 0 Å². The number of hydrogen-bond donors (Lipinski definition) is 0. The van der Waals surface area contributed by atoms with Gasteiger partial charge in [-0.05, 0) is 32.4 Å². The van der Waals surface area contributed by atoms with E-state index in [-0.39, 0.29) is 6.54 Å². The zero-order valence-corrected chi connectivity index (χ0v) is 13.4. The molecule has 0 aromatic heterocycles. The minimum absolute atomic E-state index is 0.203. The fourth-order valence-corrected chi connectivity index (χ4v) is 3.08. The Kier molecular flexibility index (Phi) is 6.93. The Bertz CT molecular complexity index is 646. The molecule has 4 heteroatoms. The van der Waals surface area contributed by atoms with Crippen LogP contribution < -0.4 is 0 Å². The van der Waals surface area contributed by atoms with Crippen molar-refractivity contribution in [2.45, 2.75) is 25.2 Å². The molecule has 0 spiro atoms. The summed E-state index contributed by atoms with van der Waals surface area (Å²) in [5.41, 5.74) is 1.03. The SMILES string of the molecule is C=C/C=C/CCN(CC#CC)S(=O)(=O)c1ccc(C)cc1. The van der Waals surface area contributed by atoms with E-state index < -0.39 is 10.0 Å². The van der Waals surface area contributed by atoms with Gasteiger partial charge in [-0.1, -0.05) is 48.4 Å².